The Morgan fingerprint density at radius 2 is 1.65 bits per heavy atom. The van der Waals surface area contributed by atoms with Crippen LogP contribution in [0.15, 0.2) is 83.8 Å². The van der Waals surface area contributed by atoms with Gasteiger partial charge in [0.2, 0.25) is 11.8 Å². The van der Waals surface area contributed by atoms with Gasteiger partial charge in [-0.3, -0.25) is 4.79 Å². The lowest BCUT2D eigenvalue weighted by atomic mass is 9.67. The van der Waals surface area contributed by atoms with Crippen LogP contribution in [0.5, 0.6) is 5.88 Å². The molecule has 2 heterocycles. The molecule has 1 saturated carbocycles. The number of anilines is 1. The van der Waals surface area contributed by atoms with Crippen LogP contribution in [0, 0.1) is 25.2 Å². The van der Waals surface area contributed by atoms with Crippen molar-refractivity contribution in [2.75, 3.05) is 17.9 Å². The van der Waals surface area contributed by atoms with Crippen LogP contribution < -0.4 is 9.46 Å². The number of aryl methyl sites for hydroxylation is 2. The van der Waals surface area contributed by atoms with Gasteiger partial charge < -0.3 is 14.7 Å². The van der Waals surface area contributed by atoms with Crippen molar-refractivity contribution in [3.05, 3.63) is 101 Å². The van der Waals surface area contributed by atoms with Gasteiger partial charge in [0.05, 0.1) is 22.2 Å². The molecular weight excluding hydrogens is 625 g/mol. The summed E-state index contributed by atoms with van der Waals surface area (Å²) in [6.45, 7) is 10.9. The van der Waals surface area contributed by atoms with Crippen molar-refractivity contribution in [1.82, 2.24) is 14.9 Å². The smallest absolute Gasteiger partial charge is 0.264 e. The van der Waals surface area contributed by atoms with Crippen molar-refractivity contribution >= 4 is 21.9 Å². The molecule has 252 valence electrons. The van der Waals surface area contributed by atoms with Gasteiger partial charge in [-0.2, -0.15) is 4.98 Å². The van der Waals surface area contributed by atoms with Crippen LogP contribution >= 0.6 is 0 Å². The van der Waals surface area contributed by atoms with E-state index in [1.165, 1.54) is 12.1 Å². The minimum atomic E-state index is -4.16. The normalized spacial score (nSPS) is 22.3. The summed E-state index contributed by atoms with van der Waals surface area (Å²) in [4.78, 5) is 25.3. The molecular formula is C38H44N4O5S. The number of aromatic nitrogens is 2. The zero-order valence-corrected chi connectivity index (χ0v) is 29.0. The van der Waals surface area contributed by atoms with Crippen LogP contribution in [-0.2, 0) is 16.4 Å². The van der Waals surface area contributed by atoms with Crippen LogP contribution in [0.1, 0.15) is 67.1 Å². The molecule has 0 spiro atoms. The van der Waals surface area contributed by atoms with Gasteiger partial charge in [-0.25, -0.2) is 18.1 Å². The van der Waals surface area contributed by atoms with E-state index in [9.17, 15) is 18.3 Å². The first-order chi connectivity index (χ1) is 22.7. The second kappa shape index (κ2) is 13.0. The number of hydrogen-bond donors (Lipinski definition) is 2. The molecule has 2 aliphatic rings. The number of ether oxygens (including phenoxy) is 1. The number of sulfonamides is 1. The van der Waals surface area contributed by atoms with Gasteiger partial charge in [0, 0.05) is 30.2 Å². The highest BCUT2D eigenvalue weighted by atomic mass is 32.2. The molecule has 1 fully saturated rings. The number of fused-ring (bicyclic) bond motifs is 4. The Morgan fingerprint density at radius 3 is 2.33 bits per heavy atom. The number of nitrogens with one attached hydrogen (secondary N) is 1. The molecule has 0 saturated heterocycles. The highest BCUT2D eigenvalue weighted by Gasteiger charge is 2.44. The highest BCUT2D eigenvalue weighted by Crippen LogP contribution is 2.42. The maximum Gasteiger partial charge on any atom is 0.264 e. The average molecular weight is 669 g/mol. The van der Waals surface area contributed by atoms with E-state index < -0.39 is 15.6 Å². The zero-order valence-electron chi connectivity index (χ0n) is 28.2. The molecule has 1 aliphatic carbocycles. The second-order valence-corrected chi connectivity index (χ2v) is 16.3. The third-order valence-electron chi connectivity index (χ3n) is 9.20. The summed E-state index contributed by atoms with van der Waals surface area (Å²) in [5.41, 5.74) is 3.70. The Labute approximate surface area is 283 Å². The van der Waals surface area contributed by atoms with Crippen molar-refractivity contribution in [2.24, 2.45) is 11.3 Å². The number of carbonyl (C=O) groups excluding carboxylic acids is 1. The minimum absolute atomic E-state index is 0.0654. The van der Waals surface area contributed by atoms with Crippen LogP contribution in [0.2, 0.25) is 0 Å². The first-order valence-electron chi connectivity index (χ1n) is 16.5. The summed E-state index contributed by atoms with van der Waals surface area (Å²) in [6.07, 6.45) is 2.29. The fraction of sp³-hybridized carbons (Fsp3) is 0.395. The lowest BCUT2D eigenvalue weighted by Gasteiger charge is -2.47. The number of aliphatic hydroxyl groups is 1. The quantitative estimate of drug-likeness (QED) is 0.238. The van der Waals surface area contributed by atoms with Crippen LogP contribution in [0.3, 0.4) is 0 Å². The molecule has 3 aromatic carbocycles. The fourth-order valence-corrected chi connectivity index (χ4v) is 8.11. The van der Waals surface area contributed by atoms with E-state index in [-0.39, 0.29) is 52.2 Å². The van der Waals surface area contributed by atoms with E-state index in [0.717, 1.165) is 22.3 Å². The molecule has 9 nitrogen and oxygen atoms in total. The van der Waals surface area contributed by atoms with Gasteiger partial charge >= 0.3 is 0 Å². The van der Waals surface area contributed by atoms with Gasteiger partial charge in [0.15, 0.2) is 0 Å². The zero-order chi connectivity index (χ0) is 34.3. The van der Waals surface area contributed by atoms with E-state index in [0.29, 0.717) is 37.9 Å². The van der Waals surface area contributed by atoms with Crippen LogP contribution in [0.4, 0.5) is 5.95 Å². The molecule has 1 aromatic heterocycles. The van der Waals surface area contributed by atoms with Gasteiger partial charge in [0.1, 0.15) is 6.61 Å². The van der Waals surface area contributed by atoms with Gasteiger partial charge in [-0.05, 0) is 79.3 Å². The number of amides is 1. The summed E-state index contributed by atoms with van der Waals surface area (Å²) in [5, 5.41) is 11.4. The summed E-state index contributed by atoms with van der Waals surface area (Å²) in [6, 6.07) is 23.3. The van der Waals surface area contributed by atoms with E-state index >= 15 is 0 Å². The largest absolute Gasteiger partial charge is 0.475 e. The van der Waals surface area contributed by atoms with Crippen LogP contribution in [0.25, 0.3) is 11.3 Å². The Hall–Kier alpha value is -4.28. The molecule has 1 aliphatic heterocycles. The highest BCUT2D eigenvalue weighted by molar-refractivity contribution is 7.92. The average Bonchev–Trinajstić information content (AvgIpc) is 3.00. The Morgan fingerprint density at radius 1 is 0.958 bits per heavy atom. The van der Waals surface area contributed by atoms with Crippen molar-refractivity contribution in [3.8, 4) is 17.1 Å². The maximum absolute atomic E-state index is 14.4. The molecule has 4 bridgehead atoms. The third kappa shape index (κ3) is 7.55. The second-order valence-electron chi connectivity index (χ2n) is 14.7. The number of carbonyl (C=O) groups is 1. The van der Waals surface area contributed by atoms with E-state index in [2.05, 4.69) is 35.5 Å². The number of rotatable bonds is 6. The lowest BCUT2D eigenvalue weighted by molar-refractivity contribution is -0.0822. The van der Waals surface area contributed by atoms with Gasteiger partial charge in [-0.1, -0.05) is 75.4 Å². The lowest BCUT2D eigenvalue weighted by Crippen LogP contribution is -2.54. The van der Waals surface area contributed by atoms with Crippen molar-refractivity contribution < 1.29 is 23.1 Å². The summed E-state index contributed by atoms with van der Waals surface area (Å²) >= 11 is 0. The first-order valence-corrected chi connectivity index (χ1v) is 18.0. The molecule has 1 amide bonds. The molecule has 2 N–H and O–H groups in total. The Balaban J connectivity index is 1.39. The predicted molar refractivity (Wildman–Crippen MR) is 186 cm³/mol. The van der Waals surface area contributed by atoms with Crippen molar-refractivity contribution in [3.63, 3.8) is 0 Å². The number of hydrogen-bond acceptors (Lipinski definition) is 7. The minimum Gasteiger partial charge on any atom is -0.475 e. The van der Waals surface area contributed by atoms with E-state index in [1.807, 2.05) is 67.3 Å². The predicted octanol–water partition coefficient (Wildman–Crippen LogP) is 6.58. The van der Waals surface area contributed by atoms with Crippen LogP contribution in [-0.4, -0.2) is 59.1 Å². The molecule has 10 heteroatoms. The Kier molecular flexibility index (Phi) is 9.08. The van der Waals surface area contributed by atoms with Gasteiger partial charge in [-0.15, -0.1) is 0 Å². The van der Waals surface area contributed by atoms with E-state index in [4.69, 9.17) is 4.74 Å². The number of benzene rings is 3. The maximum atomic E-state index is 14.4. The van der Waals surface area contributed by atoms with Crippen molar-refractivity contribution in [1.29, 1.82) is 0 Å². The molecule has 0 unspecified atom stereocenters. The van der Waals surface area contributed by atoms with E-state index in [1.54, 1.807) is 18.2 Å². The number of nitrogens with zero attached hydrogens (tertiary/aromatic N) is 3. The SMILES string of the molecule is Cc1cccc(C)c1-c1cc2nc(n1)NS(=O)(=O)c1cccc(c1)C(=O)N(CC1CC(O)(Cc3ccccc3)C1)[C@H](CC(C)(C)C)CO2. The fourth-order valence-electron chi connectivity index (χ4n) is 7.12. The third-order valence-corrected chi connectivity index (χ3v) is 10.5. The topological polar surface area (TPSA) is 122 Å². The molecule has 0 radical (unpaired) electrons. The first kappa shape index (κ1) is 33.6. The monoisotopic (exact) mass is 668 g/mol. The molecule has 6 rings (SSSR count). The molecule has 1 atom stereocenters. The van der Waals surface area contributed by atoms with Gasteiger partial charge in [0.25, 0.3) is 15.9 Å². The standard InChI is InChI=1S/C38H44N4O5S/c1-25-11-9-12-26(2)34(25)32-18-33-40-36(39-32)41-48(45,46)31-16-10-15-29(17-31)35(43)42(30(24-47-33)22-37(3,4)5)23-28-20-38(44,21-28)19-27-13-7-6-8-14-27/h6-18,28,30,44H,19-24H2,1-5H3,(H,39,40,41)/t28?,30-,38?/m1/s1. The molecule has 4 aromatic rings. The van der Waals surface area contributed by atoms with Crippen molar-refractivity contribution in [2.45, 2.75) is 76.8 Å². The Bertz CT molecular complexity index is 1900. The summed E-state index contributed by atoms with van der Waals surface area (Å²) in [7, 11) is -4.16. The molecule has 48 heavy (non-hydrogen) atoms. The summed E-state index contributed by atoms with van der Waals surface area (Å²) in [5.74, 6) is -0.122. The summed E-state index contributed by atoms with van der Waals surface area (Å²) < 4.78 is 36.2.